The summed E-state index contributed by atoms with van der Waals surface area (Å²) in [5.74, 6) is 0. The second kappa shape index (κ2) is 6.16. The van der Waals surface area contributed by atoms with Gasteiger partial charge in [-0.05, 0) is 22.6 Å². The molecule has 3 atom stereocenters. The smallest absolute Gasteiger partial charge is 0.330 e. The molecule has 1 aromatic rings. The third kappa shape index (κ3) is 3.07. The van der Waals surface area contributed by atoms with Crippen LogP contribution in [0.1, 0.15) is 12.6 Å². The fourth-order valence-electron chi connectivity index (χ4n) is 2.11. The summed E-state index contributed by atoms with van der Waals surface area (Å²) in [5, 5.41) is 0. The minimum absolute atomic E-state index is 0.138. The number of ether oxygens (including phenoxy) is 3. The van der Waals surface area contributed by atoms with E-state index < -0.39 is 17.5 Å². The van der Waals surface area contributed by atoms with Crippen molar-refractivity contribution in [3.63, 3.8) is 0 Å². The number of halogens is 1. The van der Waals surface area contributed by atoms with Crippen LogP contribution in [-0.2, 0) is 14.2 Å². The molecule has 0 spiro atoms. The Balaban J connectivity index is 2.27. The second-order valence-electron chi connectivity index (χ2n) is 4.24. The lowest BCUT2D eigenvalue weighted by Gasteiger charge is -2.16. The molecular formula is C11H15IN2O5. The molecule has 7 nitrogen and oxygen atoms in total. The average molecular weight is 382 g/mol. The van der Waals surface area contributed by atoms with Crippen molar-refractivity contribution < 1.29 is 14.2 Å². The van der Waals surface area contributed by atoms with E-state index >= 15 is 0 Å². The van der Waals surface area contributed by atoms with Crippen molar-refractivity contribution in [2.45, 2.75) is 24.9 Å². The highest BCUT2D eigenvalue weighted by molar-refractivity contribution is 14.1. The summed E-state index contributed by atoms with van der Waals surface area (Å²) in [7, 11) is 3.18. The third-order valence-corrected chi connectivity index (χ3v) is 3.82. The maximum absolute atomic E-state index is 11.8. The van der Waals surface area contributed by atoms with Crippen LogP contribution in [0.4, 0.5) is 0 Å². The van der Waals surface area contributed by atoms with Crippen molar-refractivity contribution in [3.05, 3.63) is 30.6 Å². The van der Waals surface area contributed by atoms with E-state index in [0.717, 1.165) is 0 Å². The Hall–Kier alpha value is -0.710. The molecule has 1 aliphatic heterocycles. The highest BCUT2D eigenvalue weighted by Gasteiger charge is 2.36. The van der Waals surface area contributed by atoms with Gasteiger partial charge in [-0.1, -0.05) is 0 Å². The van der Waals surface area contributed by atoms with Crippen molar-refractivity contribution in [2.75, 3.05) is 20.8 Å². The molecule has 2 heterocycles. The van der Waals surface area contributed by atoms with Gasteiger partial charge in [0.05, 0.1) is 16.3 Å². The Labute approximate surface area is 123 Å². The van der Waals surface area contributed by atoms with Crippen LogP contribution < -0.4 is 11.2 Å². The molecule has 0 aromatic carbocycles. The minimum atomic E-state index is -0.483. The Morgan fingerprint density at radius 2 is 2.26 bits per heavy atom. The molecule has 1 aromatic heterocycles. The lowest BCUT2D eigenvalue weighted by Crippen LogP contribution is -2.33. The molecule has 0 amide bonds. The van der Waals surface area contributed by atoms with Crippen LogP contribution in [0.3, 0.4) is 0 Å². The molecule has 1 fully saturated rings. The fraction of sp³-hybridized carbons (Fsp3) is 0.636. The van der Waals surface area contributed by atoms with Gasteiger partial charge in [0, 0.05) is 26.8 Å². The first-order valence-electron chi connectivity index (χ1n) is 5.75. The van der Waals surface area contributed by atoms with Gasteiger partial charge in [-0.3, -0.25) is 14.3 Å². The lowest BCUT2D eigenvalue weighted by atomic mass is 10.2. The molecule has 1 N–H and O–H groups in total. The SMILES string of the molecule is COC[C@H]1O[C@@H](n2cc(I)c(=O)[nH]c2=O)CC1OC. The van der Waals surface area contributed by atoms with Gasteiger partial charge >= 0.3 is 5.69 Å². The monoisotopic (exact) mass is 382 g/mol. The number of H-pyrrole nitrogens is 1. The zero-order chi connectivity index (χ0) is 14.0. The zero-order valence-electron chi connectivity index (χ0n) is 10.6. The molecule has 0 bridgehead atoms. The van der Waals surface area contributed by atoms with Crippen LogP contribution in [-0.4, -0.2) is 42.6 Å². The quantitative estimate of drug-likeness (QED) is 0.747. The van der Waals surface area contributed by atoms with E-state index in [9.17, 15) is 9.59 Å². The van der Waals surface area contributed by atoms with Crippen LogP contribution in [0.25, 0.3) is 0 Å². The summed E-state index contributed by atoms with van der Waals surface area (Å²) in [4.78, 5) is 25.4. The van der Waals surface area contributed by atoms with E-state index in [0.29, 0.717) is 16.6 Å². The maximum atomic E-state index is 11.8. The number of nitrogens with one attached hydrogen (secondary N) is 1. The Morgan fingerprint density at radius 3 is 2.89 bits per heavy atom. The molecule has 0 radical (unpaired) electrons. The van der Waals surface area contributed by atoms with Crippen LogP contribution in [0, 0.1) is 3.57 Å². The van der Waals surface area contributed by atoms with Gasteiger partial charge in [-0.15, -0.1) is 0 Å². The molecule has 8 heteroatoms. The third-order valence-electron chi connectivity index (χ3n) is 3.05. The van der Waals surface area contributed by atoms with Crippen LogP contribution in [0.5, 0.6) is 0 Å². The largest absolute Gasteiger partial charge is 0.382 e. The van der Waals surface area contributed by atoms with E-state index in [2.05, 4.69) is 4.98 Å². The zero-order valence-corrected chi connectivity index (χ0v) is 12.7. The Bertz CT molecular complexity index is 555. The fourth-order valence-corrected chi connectivity index (χ4v) is 2.54. The highest BCUT2D eigenvalue weighted by Crippen LogP contribution is 2.29. The number of methoxy groups -OCH3 is 2. The van der Waals surface area contributed by atoms with Gasteiger partial charge in [0.25, 0.3) is 5.56 Å². The van der Waals surface area contributed by atoms with Crippen molar-refractivity contribution in [3.8, 4) is 0 Å². The molecule has 2 rings (SSSR count). The van der Waals surface area contributed by atoms with E-state index in [1.165, 1.54) is 10.8 Å². The number of nitrogens with zero attached hydrogens (tertiary/aromatic N) is 1. The van der Waals surface area contributed by atoms with E-state index in [1.54, 1.807) is 14.2 Å². The van der Waals surface area contributed by atoms with E-state index in [-0.39, 0.29) is 12.2 Å². The summed E-state index contributed by atoms with van der Waals surface area (Å²) in [5.41, 5.74) is -0.875. The van der Waals surface area contributed by atoms with Crippen molar-refractivity contribution in [1.29, 1.82) is 0 Å². The predicted molar refractivity (Wildman–Crippen MR) is 75.2 cm³/mol. The molecule has 1 unspecified atom stereocenters. The summed E-state index contributed by atoms with van der Waals surface area (Å²) < 4.78 is 18.0. The molecule has 106 valence electrons. The number of aromatic amines is 1. The van der Waals surface area contributed by atoms with Gasteiger partial charge < -0.3 is 14.2 Å². The molecular weight excluding hydrogens is 367 g/mol. The topological polar surface area (TPSA) is 82.5 Å². The van der Waals surface area contributed by atoms with Gasteiger partial charge in [0.2, 0.25) is 0 Å². The molecule has 1 saturated heterocycles. The van der Waals surface area contributed by atoms with Crippen molar-refractivity contribution in [1.82, 2.24) is 9.55 Å². The first-order valence-corrected chi connectivity index (χ1v) is 6.83. The highest BCUT2D eigenvalue weighted by atomic mass is 127. The summed E-state index contributed by atoms with van der Waals surface area (Å²) in [6, 6.07) is 0. The number of aromatic nitrogens is 2. The van der Waals surface area contributed by atoms with Gasteiger partial charge in [-0.2, -0.15) is 0 Å². The molecule has 0 saturated carbocycles. The standard InChI is InChI=1S/C11H15IN2O5/c1-17-5-8-7(18-2)3-9(19-8)14-4-6(12)10(15)13-11(14)16/h4,7-9H,3,5H2,1-2H3,(H,13,15,16)/t7?,8-,9-/m1/s1. The summed E-state index contributed by atoms with van der Waals surface area (Å²) in [6.07, 6.45) is 1.21. The van der Waals surface area contributed by atoms with Gasteiger partial charge in [-0.25, -0.2) is 4.79 Å². The minimum Gasteiger partial charge on any atom is -0.382 e. The number of hydrogen-bond donors (Lipinski definition) is 1. The first kappa shape index (κ1) is 14.7. The number of rotatable bonds is 4. The van der Waals surface area contributed by atoms with Gasteiger partial charge in [0.15, 0.2) is 0 Å². The van der Waals surface area contributed by atoms with E-state index in [1.807, 2.05) is 22.6 Å². The van der Waals surface area contributed by atoms with Crippen LogP contribution in [0.2, 0.25) is 0 Å². The molecule has 0 aliphatic carbocycles. The van der Waals surface area contributed by atoms with Crippen LogP contribution in [0.15, 0.2) is 15.8 Å². The normalized spacial score (nSPS) is 26.8. The Morgan fingerprint density at radius 1 is 1.53 bits per heavy atom. The summed E-state index contributed by atoms with van der Waals surface area (Å²) >= 11 is 1.87. The predicted octanol–water partition coefficient (Wildman–Crippen LogP) is 0.0901. The van der Waals surface area contributed by atoms with Crippen LogP contribution >= 0.6 is 22.6 Å². The van der Waals surface area contributed by atoms with E-state index in [4.69, 9.17) is 14.2 Å². The molecule has 19 heavy (non-hydrogen) atoms. The second-order valence-corrected chi connectivity index (χ2v) is 5.40. The first-order chi connectivity index (χ1) is 9.06. The maximum Gasteiger partial charge on any atom is 0.330 e. The Kier molecular flexibility index (Phi) is 4.76. The van der Waals surface area contributed by atoms with Crippen molar-refractivity contribution in [2.24, 2.45) is 0 Å². The van der Waals surface area contributed by atoms with Gasteiger partial charge in [0.1, 0.15) is 12.3 Å². The summed E-state index contributed by atoms with van der Waals surface area (Å²) in [6.45, 7) is 0.393. The number of hydrogen-bond acceptors (Lipinski definition) is 5. The van der Waals surface area contributed by atoms with Crippen molar-refractivity contribution >= 4 is 22.6 Å². The lowest BCUT2D eigenvalue weighted by molar-refractivity contribution is -0.0618. The average Bonchev–Trinajstić information content (AvgIpc) is 2.77. The molecule has 1 aliphatic rings.